The quantitative estimate of drug-likeness (QED) is 0.677. The first-order chi connectivity index (χ1) is 12.0. The molecule has 2 aromatic heterocycles. The second kappa shape index (κ2) is 6.40. The van der Waals surface area contributed by atoms with E-state index in [9.17, 15) is 13.5 Å². The van der Waals surface area contributed by atoms with Crippen LogP contribution in [-0.2, 0) is 15.6 Å². The van der Waals surface area contributed by atoms with Crippen molar-refractivity contribution in [2.24, 2.45) is 0 Å². The van der Waals surface area contributed by atoms with E-state index in [2.05, 4.69) is 26.6 Å². The van der Waals surface area contributed by atoms with Crippen LogP contribution in [0.15, 0.2) is 40.3 Å². The number of rotatable bonds is 7. The van der Waals surface area contributed by atoms with E-state index >= 15 is 0 Å². The predicted molar refractivity (Wildman–Crippen MR) is 95.8 cm³/mol. The van der Waals surface area contributed by atoms with Gasteiger partial charge in [0.25, 0.3) is 10.0 Å². The molecule has 8 nitrogen and oxygen atoms in total. The van der Waals surface area contributed by atoms with Crippen LogP contribution in [0.25, 0.3) is 0 Å². The van der Waals surface area contributed by atoms with E-state index in [0.29, 0.717) is 11.5 Å². The van der Waals surface area contributed by atoms with E-state index in [1.54, 1.807) is 0 Å². The SMILES string of the molecule is C=C(Nc1nc(C)cc(C2CC2)n1)NS(=O)(=O)c1cc(C(C)(C)O)co1. The number of nitrogens with one attached hydrogen (secondary N) is 2. The molecular formula is C17H22N4O4S. The molecule has 1 aliphatic rings. The van der Waals surface area contributed by atoms with Crippen LogP contribution in [0.4, 0.5) is 5.95 Å². The summed E-state index contributed by atoms with van der Waals surface area (Å²) in [5, 5.41) is 12.4. The van der Waals surface area contributed by atoms with Gasteiger partial charge in [-0.05, 0) is 39.7 Å². The molecule has 9 heteroatoms. The number of aryl methyl sites for hydroxylation is 1. The first-order valence-corrected chi connectivity index (χ1v) is 9.68. The molecule has 0 unspecified atom stereocenters. The number of sulfonamides is 1. The van der Waals surface area contributed by atoms with Gasteiger partial charge in [0.1, 0.15) is 5.82 Å². The molecule has 0 aliphatic heterocycles. The Bertz CT molecular complexity index is 940. The number of furan rings is 1. The third-order valence-electron chi connectivity index (χ3n) is 3.94. The van der Waals surface area contributed by atoms with E-state index < -0.39 is 15.6 Å². The van der Waals surface area contributed by atoms with Crippen LogP contribution in [0.5, 0.6) is 0 Å². The molecular weight excluding hydrogens is 356 g/mol. The third-order valence-corrected chi connectivity index (χ3v) is 5.20. The van der Waals surface area contributed by atoms with Crippen LogP contribution >= 0.6 is 0 Å². The molecule has 1 saturated carbocycles. The Balaban J connectivity index is 1.72. The van der Waals surface area contributed by atoms with Crippen molar-refractivity contribution in [2.75, 3.05) is 5.32 Å². The Morgan fingerprint density at radius 2 is 2.04 bits per heavy atom. The van der Waals surface area contributed by atoms with Crippen LogP contribution in [0.1, 0.15) is 49.6 Å². The zero-order valence-electron chi connectivity index (χ0n) is 14.9. The lowest BCUT2D eigenvalue weighted by Crippen LogP contribution is -2.27. The Labute approximate surface area is 152 Å². The fourth-order valence-electron chi connectivity index (χ4n) is 2.39. The van der Waals surface area contributed by atoms with Crippen molar-refractivity contribution in [3.8, 4) is 0 Å². The summed E-state index contributed by atoms with van der Waals surface area (Å²) in [5.74, 6) is 0.736. The van der Waals surface area contributed by atoms with Crippen molar-refractivity contribution in [1.82, 2.24) is 14.7 Å². The zero-order valence-corrected chi connectivity index (χ0v) is 15.7. The van der Waals surface area contributed by atoms with Crippen molar-refractivity contribution >= 4 is 16.0 Å². The summed E-state index contributed by atoms with van der Waals surface area (Å²) in [4.78, 5) is 8.65. The Hall–Kier alpha value is -2.39. The van der Waals surface area contributed by atoms with E-state index in [1.165, 1.54) is 26.2 Å². The van der Waals surface area contributed by atoms with Gasteiger partial charge in [-0.3, -0.25) is 4.72 Å². The van der Waals surface area contributed by atoms with E-state index in [1.807, 2.05) is 13.0 Å². The molecule has 26 heavy (non-hydrogen) atoms. The van der Waals surface area contributed by atoms with Gasteiger partial charge in [-0.25, -0.2) is 9.97 Å². The second-order valence-electron chi connectivity index (χ2n) is 6.95. The Morgan fingerprint density at radius 3 is 2.62 bits per heavy atom. The number of hydrogen-bond donors (Lipinski definition) is 3. The van der Waals surface area contributed by atoms with Gasteiger partial charge < -0.3 is 14.8 Å². The molecule has 0 amide bonds. The summed E-state index contributed by atoms with van der Waals surface area (Å²) < 4.78 is 32.1. The molecule has 0 spiro atoms. The fraction of sp³-hybridized carbons (Fsp3) is 0.412. The van der Waals surface area contributed by atoms with Crippen LogP contribution < -0.4 is 10.0 Å². The van der Waals surface area contributed by atoms with Crippen LogP contribution in [0.2, 0.25) is 0 Å². The van der Waals surface area contributed by atoms with Gasteiger partial charge in [0.2, 0.25) is 11.0 Å². The lowest BCUT2D eigenvalue weighted by molar-refractivity contribution is 0.0779. The first-order valence-electron chi connectivity index (χ1n) is 8.20. The molecule has 3 rings (SSSR count). The number of nitrogens with zero attached hydrogens (tertiary/aromatic N) is 2. The molecule has 1 fully saturated rings. The Kier molecular flexibility index (Phi) is 4.53. The summed E-state index contributed by atoms with van der Waals surface area (Å²) in [5.41, 5.74) is 0.881. The van der Waals surface area contributed by atoms with Gasteiger partial charge in [0.05, 0.1) is 11.9 Å². The highest BCUT2D eigenvalue weighted by Gasteiger charge is 2.27. The van der Waals surface area contributed by atoms with Crippen molar-refractivity contribution in [3.63, 3.8) is 0 Å². The van der Waals surface area contributed by atoms with Crippen molar-refractivity contribution in [3.05, 3.63) is 47.7 Å². The van der Waals surface area contributed by atoms with Gasteiger partial charge in [-0.1, -0.05) is 6.58 Å². The molecule has 1 aliphatic carbocycles. The highest BCUT2D eigenvalue weighted by molar-refractivity contribution is 7.89. The molecule has 140 valence electrons. The largest absolute Gasteiger partial charge is 0.451 e. The molecule has 3 N–H and O–H groups in total. The molecule has 0 atom stereocenters. The molecule has 0 aromatic carbocycles. The minimum Gasteiger partial charge on any atom is -0.451 e. The summed E-state index contributed by atoms with van der Waals surface area (Å²) in [6, 6.07) is 3.20. The smallest absolute Gasteiger partial charge is 0.296 e. The summed E-state index contributed by atoms with van der Waals surface area (Å²) in [7, 11) is -3.99. The molecule has 2 aromatic rings. The van der Waals surface area contributed by atoms with E-state index in [-0.39, 0.29) is 16.9 Å². The van der Waals surface area contributed by atoms with Gasteiger partial charge >= 0.3 is 0 Å². The van der Waals surface area contributed by atoms with Crippen LogP contribution in [-0.4, -0.2) is 23.5 Å². The third kappa shape index (κ3) is 4.23. The lowest BCUT2D eigenvalue weighted by Gasteiger charge is -2.13. The minimum atomic E-state index is -3.99. The highest BCUT2D eigenvalue weighted by atomic mass is 32.2. The summed E-state index contributed by atoms with van der Waals surface area (Å²) >= 11 is 0. The Morgan fingerprint density at radius 1 is 1.35 bits per heavy atom. The standard InChI is InChI=1S/C17H22N4O4S/c1-10-7-14(12-5-6-12)20-16(18-10)19-11(2)21-26(23,24)15-8-13(9-25-15)17(3,4)22/h7-9,12,21-22H,2,5-6H2,1,3-4H3,(H,18,19,20). The van der Waals surface area contributed by atoms with E-state index in [4.69, 9.17) is 4.42 Å². The zero-order chi connectivity index (χ0) is 19.1. The van der Waals surface area contributed by atoms with Gasteiger partial charge in [0, 0.05) is 28.9 Å². The van der Waals surface area contributed by atoms with Crippen molar-refractivity contribution in [2.45, 2.75) is 50.2 Å². The molecule has 2 heterocycles. The lowest BCUT2D eigenvalue weighted by atomic mass is 10.0. The predicted octanol–water partition coefficient (Wildman–Crippen LogP) is 2.34. The molecule has 0 radical (unpaired) electrons. The maximum absolute atomic E-state index is 12.4. The monoisotopic (exact) mass is 378 g/mol. The first kappa shape index (κ1) is 18.4. The maximum atomic E-state index is 12.4. The maximum Gasteiger partial charge on any atom is 0.296 e. The van der Waals surface area contributed by atoms with Crippen LogP contribution in [0, 0.1) is 6.92 Å². The molecule has 0 bridgehead atoms. The van der Waals surface area contributed by atoms with Gasteiger partial charge in [-0.15, -0.1) is 0 Å². The number of anilines is 1. The average Bonchev–Trinajstić information content (AvgIpc) is 3.20. The molecule has 0 saturated heterocycles. The van der Waals surface area contributed by atoms with Crippen LogP contribution in [0.3, 0.4) is 0 Å². The normalized spacial score (nSPS) is 14.9. The van der Waals surface area contributed by atoms with Crippen molar-refractivity contribution in [1.29, 1.82) is 0 Å². The number of aromatic nitrogens is 2. The van der Waals surface area contributed by atoms with Gasteiger partial charge in [-0.2, -0.15) is 8.42 Å². The summed E-state index contributed by atoms with van der Waals surface area (Å²) in [6.07, 6.45) is 3.41. The minimum absolute atomic E-state index is 0.00134. The second-order valence-corrected chi connectivity index (χ2v) is 8.57. The number of hydrogen-bond acceptors (Lipinski definition) is 7. The van der Waals surface area contributed by atoms with E-state index in [0.717, 1.165) is 24.2 Å². The summed E-state index contributed by atoms with van der Waals surface area (Å²) in [6.45, 7) is 8.59. The van der Waals surface area contributed by atoms with Crippen molar-refractivity contribution < 1.29 is 17.9 Å². The average molecular weight is 378 g/mol. The number of aliphatic hydroxyl groups is 1. The highest BCUT2D eigenvalue weighted by Crippen LogP contribution is 2.39. The topological polar surface area (TPSA) is 117 Å². The fourth-order valence-corrected chi connectivity index (χ4v) is 3.32. The van der Waals surface area contributed by atoms with Gasteiger partial charge in [0.15, 0.2) is 0 Å².